The number of methoxy groups -OCH3 is 1. The maximum absolute atomic E-state index is 11.2. The first-order valence-corrected chi connectivity index (χ1v) is 4.27. The fraction of sp³-hybridized carbons (Fsp3) is 0.100. The molecule has 0 bridgehead atoms. The van der Waals surface area contributed by atoms with Crippen LogP contribution in [0.2, 0.25) is 0 Å². The van der Waals surface area contributed by atoms with Crippen molar-refractivity contribution in [3.05, 3.63) is 35.8 Å². The molecule has 0 amide bonds. The lowest BCUT2D eigenvalue weighted by molar-refractivity contribution is 0.0600. The molecule has 5 heteroatoms. The number of ether oxygens (including phenoxy) is 1. The summed E-state index contributed by atoms with van der Waals surface area (Å²) in [5.74, 6) is -0.442. The van der Waals surface area contributed by atoms with Crippen LogP contribution in [0.4, 0.5) is 0 Å². The van der Waals surface area contributed by atoms with Crippen LogP contribution in [-0.4, -0.2) is 28.7 Å². The maximum atomic E-state index is 11.2. The third-order valence-corrected chi connectivity index (χ3v) is 2.08. The van der Waals surface area contributed by atoms with Crippen molar-refractivity contribution in [2.24, 2.45) is 0 Å². The van der Waals surface area contributed by atoms with E-state index in [0.717, 1.165) is 0 Å². The first kappa shape index (κ1) is 9.39. The zero-order chi connectivity index (χ0) is 10.8. The van der Waals surface area contributed by atoms with E-state index < -0.39 is 5.97 Å². The zero-order valence-corrected chi connectivity index (χ0v) is 8.01. The minimum Gasteiger partial charge on any atom is -0.465 e. The lowest BCUT2D eigenvalue weighted by Gasteiger charge is -2.00. The monoisotopic (exact) mass is 204 g/mol. The van der Waals surface area contributed by atoms with Gasteiger partial charge in [-0.15, -0.1) is 0 Å². The van der Waals surface area contributed by atoms with Gasteiger partial charge in [0.1, 0.15) is 11.3 Å². The van der Waals surface area contributed by atoms with Crippen molar-refractivity contribution in [1.29, 1.82) is 0 Å². The molecule has 0 aliphatic rings. The van der Waals surface area contributed by atoms with E-state index in [1.807, 2.05) is 0 Å². The Morgan fingerprint density at radius 1 is 1.53 bits per heavy atom. The van der Waals surface area contributed by atoms with Gasteiger partial charge in [0.2, 0.25) is 0 Å². The summed E-state index contributed by atoms with van der Waals surface area (Å²) in [7, 11) is 1.31. The van der Waals surface area contributed by atoms with E-state index in [1.54, 1.807) is 16.5 Å². The minimum atomic E-state index is -0.442. The number of esters is 1. The van der Waals surface area contributed by atoms with Gasteiger partial charge in [-0.25, -0.2) is 9.78 Å². The predicted octanol–water partition coefficient (Wildman–Crippen LogP) is 0.933. The van der Waals surface area contributed by atoms with Crippen LogP contribution in [0.15, 0.2) is 24.5 Å². The highest BCUT2D eigenvalue weighted by molar-refractivity contribution is 5.89. The lowest BCUT2D eigenvalue weighted by Crippen LogP contribution is -2.03. The Labute approximate surface area is 85.3 Å². The van der Waals surface area contributed by atoms with Crippen LogP contribution in [0, 0.1) is 0 Å². The van der Waals surface area contributed by atoms with Crippen molar-refractivity contribution in [3.8, 4) is 0 Å². The number of carbonyl (C=O) groups is 2. The number of aromatic nitrogens is 2. The molecule has 0 atom stereocenters. The number of imidazole rings is 1. The van der Waals surface area contributed by atoms with E-state index in [-0.39, 0.29) is 0 Å². The molecule has 0 unspecified atom stereocenters. The second-order valence-corrected chi connectivity index (χ2v) is 2.94. The molecule has 2 aromatic rings. The van der Waals surface area contributed by atoms with E-state index in [9.17, 15) is 9.59 Å². The first-order valence-electron chi connectivity index (χ1n) is 4.27. The Morgan fingerprint density at radius 3 is 3.00 bits per heavy atom. The average molecular weight is 204 g/mol. The number of hydrogen-bond acceptors (Lipinski definition) is 4. The van der Waals surface area contributed by atoms with Crippen molar-refractivity contribution in [1.82, 2.24) is 9.38 Å². The first-order chi connectivity index (χ1) is 7.26. The second-order valence-electron chi connectivity index (χ2n) is 2.94. The maximum Gasteiger partial charge on any atom is 0.339 e. The number of rotatable bonds is 2. The summed E-state index contributed by atoms with van der Waals surface area (Å²) in [6.07, 6.45) is 3.66. The molecule has 76 valence electrons. The second kappa shape index (κ2) is 3.53. The number of carbonyl (C=O) groups excluding carboxylic acids is 2. The Bertz CT molecular complexity index is 530. The van der Waals surface area contributed by atoms with E-state index in [4.69, 9.17) is 0 Å². The van der Waals surface area contributed by atoms with Gasteiger partial charge in [-0.1, -0.05) is 0 Å². The Kier molecular flexibility index (Phi) is 2.21. The van der Waals surface area contributed by atoms with Crippen LogP contribution >= 0.6 is 0 Å². The summed E-state index contributed by atoms with van der Waals surface area (Å²) in [5, 5.41) is 0. The molecule has 0 aliphatic heterocycles. The molecule has 2 rings (SSSR count). The van der Waals surface area contributed by atoms with Crippen molar-refractivity contribution in [2.45, 2.75) is 0 Å². The van der Waals surface area contributed by atoms with Gasteiger partial charge < -0.3 is 4.74 Å². The fourth-order valence-electron chi connectivity index (χ4n) is 1.33. The number of aldehydes is 1. The third kappa shape index (κ3) is 1.48. The van der Waals surface area contributed by atoms with Crippen molar-refractivity contribution < 1.29 is 14.3 Å². The van der Waals surface area contributed by atoms with Crippen molar-refractivity contribution in [3.63, 3.8) is 0 Å². The van der Waals surface area contributed by atoms with Crippen LogP contribution in [0.3, 0.4) is 0 Å². The highest BCUT2D eigenvalue weighted by atomic mass is 16.5. The van der Waals surface area contributed by atoms with Gasteiger partial charge in [-0.3, -0.25) is 9.20 Å². The van der Waals surface area contributed by atoms with Gasteiger partial charge in [0.25, 0.3) is 0 Å². The number of pyridine rings is 1. The molecule has 5 nitrogen and oxygen atoms in total. The average Bonchev–Trinajstić information content (AvgIpc) is 2.69. The molecule has 0 radical (unpaired) electrons. The molecule has 0 aromatic carbocycles. The Morgan fingerprint density at radius 2 is 2.33 bits per heavy atom. The van der Waals surface area contributed by atoms with Gasteiger partial charge in [-0.05, 0) is 12.1 Å². The molecule has 0 aliphatic carbocycles. The molecular weight excluding hydrogens is 196 g/mol. The summed E-state index contributed by atoms with van der Waals surface area (Å²) in [6.45, 7) is 0. The molecule has 15 heavy (non-hydrogen) atoms. The topological polar surface area (TPSA) is 60.7 Å². The number of nitrogens with zero attached hydrogens (tertiary/aromatic N) is 2. The quantitative estimate of drug-likeness (QED) is 0.539. The third-order valence-electron chi connectivity index (χ3n) is 2.08. The van der Waals surface area contributed by atoms with E-state index in [2.05, 4.69) is 9.72 Å². The van der Waals surface area contributed by atoms with E-state index in [1.165, 1.54) is 19.5 Å². The largest absolute Gasteiger partial charge is 0.465 e. The molecular formula is C10H8N2O3. The number of hydrogen-bond donors (Lipinski definition) is 0. The van der Waals surface area contributed by atoms with Gasteiger partial charge in [0.05, 0.1) is 18.9 Å². The fourth-order valence-corrected chi connectivity index (χ4v) is 1.33. The van der Waals surface area contributed by atoms with Crippen molar-refractivity contribution >= 4 is 17.9 Å². The molecule has 2 aromatic heterocycles. The Balaban J connectivity index is 2.62. The summed E-state index contributed by atoms with van der Waals surface area (Å²) in [5.41, 5.74) is 1.40. The summed E-state index contributed by atoms with van der Waals surface area (Å²) in [4.78, 5) is 25.9. The SMILES string of the molecule is COC(=O)c1ccc2ncc(C=O)n2c1. The molecule has 0 N–H and O–H groups in total. The smallest absolute Gasteiger partial charge is 0.339 e. The number of fused-ring (bicyclic) bond motifs is 1. The van der Waals surface area contributed by atoms with Gasteiger partial charge in [0.15, 0.2) is 6.29 Å². The lowest BCUT2D eigenvalue weighted by atomic mass is 10.3. The normalized spacial score (nSPS) is 10.2. The molecule has 0 spiro atoms. The van der Waals surface area contributed by atoms with E-state index in [0.29, 0.717) is 23.2 Å². The van der Waals surface area contributed by atoms with Crippen molar-refractivity contribution in [2.75, 3.05) is 7.11 Å². The van der Waals surface area contributed by atoms with Crippen LogP contribution < -0.4 is 0 Å². The van der Waals surface area contributed by atoms with Crippen LogP contribution in [-0.2, 0) is 4.74 Å². The molecule has 2 heterocycles. The molecule has 0 fully saturated rings. The highest BCUT2D eigenvalue weighted by Crippen LogP contribution is 2.08. The Hall–Kier alpha value is -2.17. The van der Waals surface area contributed by atoms with Crippen LogP contribution in [0.5, 0.6) is 0 Å². The summed E-state index contributed by atoms with van der Waals surface area (Å²) in [6, 6.07) is 3.25. The minimum absolute atomic E-state index is 0.381. The highest BCUT2D eigenvalue weighted by Gasteiger charge is 2.08. The predicted molar refractivity (Wildman–Crippen MR) is 51.9 cm³/mol. The van der Waals surface area contributed by atoms with Gasteiger partial charge >= 0.3 is 5.97 Å². The summed E-state index contributed by atoms with van der Waals surface area (Å²) < 4.78 is 6.12. The van der Waals surface area contributed by atoms with Crippen LogP contribution in [0.1, 0.15) is 20.8 Å². The molecule has 0 saturated heterocycles. The van der Waals surface area contributed by atoms with Crippen LogP contribution in [0.25, 0.3) is 5.65 Å². The zero-order valence-electron chi connectivity index (χ0n) is 8.01. The summed E-state index contributed by atoms with van der Waals surface area (Å²) >= 11 is 0. The molecule has 0 saturated carbocycles. The standard InChI is InChI=1S/C10H8N2O3/c1-15-10(14)7-2-3-9-11-4-8(6-13)12(9)5-7/h2-6H,1H3. The van der Waals surface area contributed by atoms with Gasteiger partial charge in [-0.2, -0.15) is 0 Å². The van der Waals surface area contributed by atoms with E-state index >= 15 is 0 Å². The van der Waals surface area contributed by atoms with Gasteiger partial charge in [0, 0.05) is 6.20 Å².